The molecule has 0 heterocycles. The van der Waals surface area contributed by atoms with E-state index in [0.717, 1.165) is 5.56 Å². The zero-order valence-electron chi connectivity index (χ0n) is 8.07. The van der Waals surface area contributed by atoms with E-state index in [9.17, 15) is 4.79 Å². The zero-order valence-corrected chi connectivity index (χ0v) is 11.2. The van der Waals surface area contributed by atoms with Crippen LogP contribution in [0.3, 0.4) is 0 Å². The van der Waals surface area contributed by atoms with E-state index >= 15 is 0 Å². The van der Waals surface area contributed by atoms with Crippen LogP contribution in [0.4, 0.5) is 0 Å². The molecular weight excluding hydrogens is 300 g/mol. The fourth-order valence-electron chi connectivity index (χ4n) is 0.897. The lowest BCUT2D eigenvalue weighted by molar-refractivity contribution is -0.142. The van der Waals surface area contributed by atoms with Gasteiger partial charge in [0, 0.05) is 5.02 Å². The van der Waals surface area contributed by atoms with Gasteiger partial charge in [0.1, 0.15) is 6.61 Å². The highest BCUT2D eigenvalue weighted by molar-refractivity contribution is 9.11. The maximum absolute atomic E-state index is 11.3. The molecule has 0 saturated heterocycles. The first-order chi connectivity index (χ1) is 7.13. The molecule has 0 N–H and O–H groups in total. The summed E-state index contributed by atoms with van der Waals surface area (Å²) in [5, 5.41) is 0.674. The molecule has 1 atom stereocenters. The lowest BCUT2D eigenvalue weighted by Gasteiger charge is -2.07. The minimum Gasteiger partial charge on any atom is -0.459 e. The molecule has 15 heavy (non-hydrogen) atoms. The molecule has 0 saturated carbocycles. The highest BCUT2D eigenvalue weighted by Gasteiger charge is 2.14. The average Bonchev–Trinajstić information content (AvgIpc) is 2.26. The van der Waals surface area contributed by atoms with Gasteiger partial charge in [-0.2, -0.15) is 0 Å². The van der Waals surface area contributed by atoms with Crippen LogP contribution in [0.25, 0.3) is 0 Å². The number of thioether (sulfide) groups is 1. The summed E-state index contributed by atoms with van der Waals surface area (Å²) in [6.45, 7) is 0.276. The Labute approximate surface area is 106 Å². The summed E-state index contributed by atoms with van der Waals surface area (Å²) in [4.78, 5) is 11.3. The van der Waals surface area contributed by atoms with E-state index in [0.29, 0.717) is 5.02 Å². The molecule has 82 valence electrons. The third-order valence-corrected chi connectivity index (χ3v) is 4.04. The Bertz CT molecular complexity index is 329. The number of alkyl halides is 1. The van der Waals surface area contributed by atoms with Gasteiger partial charge >= 0.3 is 5.97 Å². The molecule has 2 nitrogen and oxygen atoms in total. The van der Waals surface area contributed by atoms with Gasteiger partial charge in [-0.15, -0.1) is 11.8 Å². The first-order valence-corrected chi connectivity index (χ1v) is 6.79. The number of halogens is 2. The molecule has 0 fully saturated rings. The minimum atomic E-state index is -0.301. The monoisotopic (exact) mass is 308 g/mol. The van der Waals surface area contributed by atoms with Gasteiger partial charge in [-0.25, -0.2) is 4.79 Å². The Kier molecular flexibility index (Phi) is 5.50. The molecule has 0 amide bonds. The maximum atomic E-state index is 11.3. The van der Waals surface area contributed by atoms with Gasteiger partial charge < -0.3 is 4.74 Å². The molecule has 0 aliphatic rings. The second-order valence-electron chi connectivity index (χ2n) is 2.79. The summed E-state index contributed by atoms with van der Waals surface area (Å²) in [5.41, 5.74) is 0.925. The van der Waals surface area contributed by atoms with Crippen LogP contribution in [0.1, 0.15) is 5.56 Å². The first-order valence-electron chi connectivity index (χ1n) is 4.21. The highest BCUT2D eigenvalue weighted by Crippen LogP contribution is 2.16. The Morgan fingerprint density at radius 3 is 2.67 bits per heavy atom. The third-order valence-electron chi connectivity index (χ3n) is 1.69. The van der Waals surface area contributed by atoms with Gasteiger partial charge in [0.25, 0.3) is 0 Å². The van der Waals surface area contributed by atoms with Crippen LogP contribution in [0.2, 0.25) is 5.02 Å². The minimum absolute atomic E-state index is 0.266. The molecule has 0 radical (unpaired) electrons. The molecule has 0 spiro atoms. The lowest BCUT2D eigenvalue weighted by Crippen LogP contribution is -2.13. The standard InChI is InChI=1S/C10H10BrClO2S/c1-15-9(11)10(13)14-6-7-2-4-8(12)5-3-7/h2-5,9H,6H2,1H3. The molecule has 1 rings (SSSR count). The van der Waals surface area contributed by atoms with Crippen molar-refractivity contribution in [3.63, 3.8) is 0 Å². The van der Waals surface area contributed by atoms with E-state index in [1.165, 1.54) is 11.8 Å². The number of ether oxygens (including phenoxy) is 1. The SMILES string of the molecule is CSC(Br)C(=O)OCc1ccc(Cl)cc1. The maximum Gasteiger partial charge on any atom is 0.330 e. The fourth-order valence-corrected chi connectivity index (χ4v) is 1.42. The van der Waals surface area contributed by atoms with Crippen LogP contribution < -0.4 is 0 Å². The molecular formula is C10H10BrClO2S. The fraction of sp³-hybridized carbons (Fsp3) is 0.300. The van der Waals surface area contributed by atoms with Gasteiger partial charge in [0.2, 0.25) is 0 Å². The first kappa shape index (κ1) is 12.9. The summed E-state index contributed by atoms with van der Waals surface area (Å²) >= 11 is 10.3. The predicted octanol–water partition coefficient (Wildman–Crippen LogP) is 3.47. The van der Waals surface area contributed by atoms with E-state index in [2.05, 4.69) is 15.9 Å². The van der Waals surface area contributed by atoms with Crippen molar-refractivity contribution in [3.8, 4) is 0 Å². The molecule has 0 aliphatic heterocycles. The van der Waals surface area contributed by atoms with Crippen molar-refractivity contribution in [3.05, 3.63) is 34.9 Å². The van der Waals surface area contributed by atoms with Crippen LogP contribution in [-0.4, -0.2) is 16.4 Å². The van der Waals surface area contributed by atoms with E-state index < -0.39 is 0 Å². The van der Waals surface area contributed by atoms with Gasteiger partial charge in [-0.3, -0.25) is 0 Å². The van der Waals surface area contributed by atoms with Crippen molar-refractivity contribution < 1.29 is 9.53 Å². The van der Waals surface area contributed by atoms with Crippen LogP contribution in [0.15, 0.2) is 24.3 Å². The van der Waals surface area contributed by atoms with Gasteiger partial charge in [-0.1, -0.05) is 39.7 Å². The lowest BCUT2D eigenvalue weighted by atomic mass is 10.2. The largest absolute Gasteiger partial charge is 0.459 e. The van der Waals surface area contributed by atoms with Crippen molar-refractivity contribution in [2.24, 2.45) is 0 Å². The van der Waals surface area contributed by atoms with Crippen LogP contribution in [0.5, 0.6) is 0 Å². The van der Waals surface area contributed by atoms with Crippen LogP contribution in [0, 0.1) is 0 Å². The second-order valence-corrected chi connectivity index (χ2v) is 5.69. The van der Waals surface area contributed by atoms with E-state index in [1.54, 1.807) is 12.1 Å². The van der Waals surface area contributed by atoms with Gasteiger partial charge in [0.05, 0.1) is 0 Å². The van der Waals surface area contributed by atoms with Crippen molar-refractivity contribution >= 4 is 45.3 Å². The molecule has 5 heteroatoms. The summed E-state index contributed by atoms with van der Waals surface area (Å²) in [7, 11) is 0. The number of rotatable bonds is 4. The molecule has 1 aromatic rings. The zero-order chi connectivity index (χ0) is 11.3. The number of hydrogen-bond donors (Lipinski definition) is 0. The van der Waals surface area contributed by atoms with Crippen molar-refractivity contribution in [1.29, 1.82) is 0 Å². The summed E-state index contributed by atoms with van der Waals surface area (Å²) < 4.78 is 4.77. The Balaban J connectivity index is 2.43. The van der Waals surface area contributed by atoms with Crippen LogP contribution in [-0.2, 0) is 16.1 Å². The summed E-state index contributed by atoms with van der Waals surface area (Å²) in [5.74, 6) is -0.266. The second kappa shape index (κ2) is 6.40. The van der Waals surface area contributed by atoms with E-state index in [4.69, 9.17) is 16.3 Å². The number of hydrogen-bond acceptors (Lipinski definition) is 3. The molecule has 0 bridgehead atoms. The Morgan fingerprint density at radius 2 is 2.13 bits per heavy atom. The van der Waals surface area contributed by atoms with Gasteiger partial charge in [0.15, 0.2) is 4.16 Å². The molecule has 0 aromatic heterocycles. The van der Waals surface area contributed by atoms with Crippen molar-refractivity contribution in [1.82, 2.24) is 0 Å². The molecule has 1 aromatic carbocycles. The van der Waals surface area contributed by atoms with Gasteiger partial charge in [-0.05, 0) is 24.0 Å². The molecule has 0 aliphatic carbocycles. The number of esters is 1. The summed E-state index contributed by atoms with van der Waals surface area (Å²) in [6, 6.07) is 7.20. The smallest absolute Gasteiger partial charge is 0.330 e. The normalized spacial score (nSPS) is 12.2. The summed E-state index contributed by atoms with van der Waals surface area (Å²) in [6.07, 6.45) is 1.84. The topological polar surface area (TPSA) is 26.3 Å². The van der Waals surface area contributed by atoms with E-state index in [-0.39, 0.29) is 16.7 Å². The number of carbonyl (C=O) groups excluding carboxylic acids is 1. The third kappa shape index (κ3) is 4.45. The quantitative estimate of drug-likeness (QED) is 0.629. The average molecular weight is 310 g/mol. The van der Waals surface area contributed by atoms with E-state index in [1.807, 2.05) is 18.4 Å². The van der Waals surface area contributed by atoms with Crippen molar-refractivity contribution in [2.75, 3.05) is 6.26 Å². The predicted molar refractivity (Wildman–Crippen MR) is 67.5 cm³/mol. The number of carbonyl (C=O) groups is 1. The Morgan fingerprint density at radius 1 is 1.53 bits per heavy atom. The van der Waals surface area contributed by atoms with Crippen molar-refractivity contribution in [2.45, 2.75) is 10.8 Å². The number of benzene rings is 1. The highest BCUT2D eigenvalue weighted by atomic mass is 79.9. The molecule has 1 unspecified atom stereocenters. The van der Waals surface area contributed by atoms with Crippen LogP contribution >= 0.6 is 39.3 Å². The Hall–Kier alpha value is -0.190.